The van der Waals surface area contributed by atoms with Crippen molar-refractivity contribution in [3.8, 4) is 0 Å². The lowest BCUT2D eigenvalue weighted by molar-refractivity contribution is -0.0565. The summed E-state index contributed by atoms with van der Waals surface area (Å²) in [6.45, 7) is 3.03. The first-order chi connectivity index (χ1) is 11.2. The molecule has 1 N–H and O–H groups in total. The van der Waals surface area contributed by atoms with Crippen LogP contribution in [0.5, 0.6) is 0 Å². The summed E-state index contributed by atoms with van der Waals surface area (Å²) >= 11 is 0. The molecule has 3 rings (SSSR count). The van der Waals surface area contributed by atoms with Crippen molar-refractivity contribution in [1.82, 2.24) is 4.90 Å². The van der Waals surface area contributed by atoms with Gasteiger partial charge in [-0.25, -0.2) is 4.79 Å². The van der Waals surface area contributed by atoms with Gasteiger partial charge in [0, 0.05) is 19.6 Å². The van der Waals surface area contributed by atoms with Gasteiger partial charge in [0.15, 0.2) is 0 Å². The van der Waals surface area contributed by atoms with Crippen molar-refractivity contribution < 1.29 is 14.6 Å². The van der Waals surface area contributed by atoms with Crippen molar-refractivity contribution >= 4 is 5.97 Å². The Morgan fingerprint density at radius 1 is 1.00 bits per heavy atom. The number of carboxylic acid groups (broad SMARTS) is 1. The van der Waals surface area contributed by atoms with Crippen molar-refractivity contribution in [2.24, 2.45) is 0 Å². The minimum Gasteiger partial charge on any atom is -0.478 e. The maximum absolute atomic E-state index is 10.9. The van der Waals surface area contributed by atoms with Crippen LogP contribution < -0.4 is 0 Å². The van der Waals surface area contributed by atoms with E-state index in [0.717, 1.165) is 32.5 Å². The molecule has 23 heavy (non-hydrogen) atoms. The van der Waals surface area contributed by atoms with E-state index in [4.69, 9.17) is 9.84 Å². The lowest BCUT2D eigenvalue weighted by Crippen LogP contribution is -2.38. The van der Waals surface area contributed by atoms with E-state index in [2.05, 4.69) is 4.90 Å². The third-order valence-corrected chi connectivity index (χ3v) is 5.08. The SMILES string of the molecule is O=C(O)c1ccc(CN2CCC(OC3CCCCC3)CC2)cc1. The fourth-order valence-electron chi connectivity index (χ4n) is 3.69. The Labute approximate surface area is 138 Å². The molecule has 1 saturated heterocycles. The highest BCUT2D eigenvalue weighted by Gasteiger charge is 2.23. The Morgan fingerprint density at radius 2 is 1.61 bits per heavy atom. The predicted molar refractivity (Wildman–Crippen MR) is 89.7 cm³/mol. The van der Waals surface area contributed by atoms with Crippen LogP contribution in [0.25, 0.3) is 0 Å². The maximum Gasteiger partial charge on any atom is 0.335 e. The van der Waals surface area contributed by atoms with Crippen molar-refractivity contribution in [3.63, 3.8) is 0 Å². The molecule has 0 bridgehead atoms. The second-order valence-corrected chi connectivity index (χ2v) is 6.87. The minimum absolute atomic E-state index is 0.355. The van der Waals surface area contributed by atoms with Crippen molar-refractivity contribution in [2.45, 2.75) is 63.7 Å². The second kappa shape index (κ2) is 7.93. The van der Waals surface area contributed by atoms with E-state index in [9.17, 15) is 4.79 Å². The van der Waals surface area contributed by atoms with Crippen LogP contribution in [-0.4, -0.2) is 41.3 Å². The molecule has 0 aromatic heterocycles. The van der Waals surface area contributed by atoms with Crippen molar-refractivity contribution in [1.29, 1.82) is 0 Å². The highest BCUT2D eigenvalue weighted by molar-refractivity contribution is 5.87. The smallest absolute Gasteiger partial charge is 0.335 e. The van der Waals surface area contributed by atoms with Gasteiger partial charge in [-0.3, -0.25) is 4.90 Å². The van der Waals surface area contributed by atoms with Crippen LogP contribution in [0.15, 0.2) is 24.3 Å². The zero-order chi connectivity index (χ0) is 16.1. The van der Waals surface area contributed by atoms with Gasteiger partial charge < -0.3 is 9.84 Å². The second-order valence-electron chi connectivity index (χ2n) is 6.87. The van der Waals surface area contributed by atoms with Gasteiger partial charge in [-0.05, 0) is 43.4 Å². The number of hydrogen-bond acceptors (Lipinski definition) is 3. The molecular weight excluding hydrogens is 290 g/mol. The highest BCUT2D eigenvalue weighted by atomic mass is 16.5. The Hall–Kier alpha value is -1.39. The van der Waals surface area contributed by atoms with Gasteiger partial charge in [0.2, 0.25) is 0 Å². The molecular formula is C19H27NO3. The fraction of sp³-hybridized carbons (Fsp3) is 0.632. The first-order valence-corrected chi connectivity index (χ1v) is 8.91. The Bertz CT molecular complexity index is 500. The van der Waals surface area contributed by atoms with E-state index >= 15 is 0 Å². The van der Waals surface area contributed by atoms with Crippen LogP contribution in [0.3, 0.4) is 0 Å². The highest BCUT2D eigenvalue weighted by Crippen LogP contribution is 2.25. The van der Waals surface area contributed by atoms with E-state index < -0.39 is 5.97 Å². The molecule has 1 aliphatic heterocycles. The Morgan fingerprint density at radius 3 is 2.22 bits per heavy atom. The number of hydrogen-bond donors (Lipinski definition) is 1. The minimum atomic E-state index is -0.864. The number of ether oxygens (including phenoxy) is 1. The standard InChI is InChI=1S/C19H27NO3/c21-19(22)16-8-6-15(7-9-16)14-20-12-10-18(11-13-20)23-17-4-2-1-3-5-17/h6-9,17-18H,1-5,10-14H2,(H,21,22). The molecule has 4 nitrogen and oxygen atoms in total. The van der Waals surface area contributed by atoms with Gasteiger partial charge in [0.05, 0.1) is 17.8 Å². The van der Waals surface area contributed by atoms with Gasteiger partial charge in [-0.2, -0.15) is 0 Å². The summed E-state index contributed by atoms with van der Waals surface area (Å²) in [5.41, 5.74) is 1.54. The fourth-order valence-corrected chi connectivity index (χ4v) is 3.69. The maximum atomic E-state index is 10.9. The molecule has 1 aromatic carbocycles. The molecule has 1 aromatic rings. The van der Waals surface area contributed by atoms with Gasteiger partial charge in [0.25, 0.3) is 0 Å². The molecule has 2 fully saturated rings. The topological polar surface area (TPSA) is 49.8 Å². The monoisotopic (exact) mass is 317 g/mol. The Kier molecular flexibility index (Phi) is 5.68. The third-order valence-electron chi connectivity index (χ3n) is 5.08. The number of benzene rings is 1. The zero-order valence-electron chi connectivity index (χ0n) is 13.7. The molecule has 0 amide bonds. The quantitative estimate of drug-likeness (QED) is 0.899. The summed E-state index contributed by atoms with van der Waals surface area (Å²) in [7, 11) is 0. The summed E-state index contributed by atoms with van der Waals surface area (Å²) in [5.74, 6) is -0.864. The van der Waals surface area contributed by atoms with Crippen LogP contribution in [0.1, 0.15) is 60.9 Å². The zero-order valence-corrected chi connectivity index (χ0v) is 13.7. The van der Waals surface area contributed by atoms with Crippen LogP contribution in [0.4, 0.5) is 0 Å². The molecule has 0 radical (unpaired) electrons. The molecule has 1 heterocycles. The summed E-state index contributed by atoms with van der Waals surface area (Å²) in [6, 6.07) is 7.23. The predicted octanol–water partition coefficient (Wildman–Crippen LogP) is 3.70. The number of rotatable bonds is 5. The van der Waals surface area contributed by atoms with Gasteiger partial charge in [0.1, 0.15) is 0 Å². The van der Waals surface area contributed by atoms with E-state index in [1.165, 1.54) is 37.7 Å². The van der Waals surface area contributed by atoms with Crippen LogP contribution in [0, 0.1) is 0 Å². The average molecular weight is 317 g/mol. The lowest BCUT2D eigenvalue weighted by Gasteiger charge is -2.35. The average Bonchev–Trinajstić information content (AvgIpc) is 2.58. The largest absolute Gasteiger partial charge is 0.478 e. The number of piperidine rings is 1. The number of likely N-dealkylation sites (tertiary alicyclic amines) is 1. The summed E-state index contributed by atoms with van der Waals surface area (Å²) in [5, 5.41) is 8.94. The molecule has 2 aliphatic rings. The van der Waals surface area contributed by atoms with Crippen molar-refractivity contribution in [2.75, 3.05) is 13.1 Å². The molecule has 1 aliphatic carbocycles. The Balaban J connectivity index is 1.42. The molecule has 4 heteroatoms. The summed E-state index contributed by atoms with van der Waals surface area (Å²) < 4.78 is 6.28. The molecule has 1 saturated carbocycles. The summed E-state index contributed by atoms with van der Waals surface area (Å²) in [6.07, 6.45) is 9.69. The van der Waals surface area contributed by atoms with E-state index in [0.29, 0.717) is 17.8 Å². The van der Waals surface area contributed by atoms with E-state index in [-0.39, 0.29) is 0 Å². The van der Waals surface area contributed by atoms with Gasteiger partial charge >= 0.3 is 5.97 Å². The molecule has 0 atom stereocenters. The van der Waals surface area contributed by atoms with E-state index in [1.807, 2.05) is 12.1 Å². The number of carboxylic acids is 1. The van der Waals surface area contributed by atoms with Crippen LogP contribution >= 0.6 is 0 Å². The first kappa shape index (κ1) is 16.5. The third kappa shape index (κ3) is 4.79. The van der Waals surface area contributed by atoms with E-state index in [1.54, 1.807) is 12.1 Å². The van der Waals surface area contributed by atoms with Crippen LogP contribution in [0.2, 0.25) is 0 Å². The number of nitrogens with zero attached hydrogens (tertiary/aromatic N) is 1. The lowest BCUT2D eigenvalue weighted by atomic mass is 9.97. The molecule has 126 valence electrons. The first-order valence-electron chi connectivity index (χ1n) is 8.91. The summed E-state index contributed by atoms with van der Waals surface area (Å²) in [4.78, 5) is 13.3. The number of aromatic carboxylic acids is 1. The van der Waals surface area contributed by atoms with Gasteiger partial charge in [-0.15, -0.1) is 0 Å². The molecule has 0 spiro atoms. The van der Waals surface area contributed by atoms with Gasteiger partial charge in [-0.1, -0.05) is 31.4 Å². The number of carbonyl (C=O) groups is 1. The van der Waals surface area contributed by atoms with Crippen LogP contribution in [-0.2, 0) is 11.3 Å². The van der Waals surface area contributed by atoms with Crippen molar-refractivity contribution in [3.05, 3.63) is 35.4 Å². The normalized spacial score (nSPS) is 21.4. The molecule has 0 unspecified atom stereocenters.